The molecule has 1 nitrogen and oxygen atoms in total. The Hall–Kier alpha value is -0.0400. The first-order chi connectivity index (χ1) is 5.84. The molecular formula is C11H17N. The van der Waals surface area contributed by atoms with Crippen LogP contribution in [-0.4, -0.2) is 6.04 Å². The van der Waals surface area contributed by atoms with E-state index in [1.54, 1.807) is 12.8 Å². The molecule has 0 aliphatic heterocycles. The highest BCUT2D eigenvalue weighted by molar-refractivity contribution is 5.15. The molecule has 12 heavy (non-hydrogen) atoms. The normalized spacial score (nSPS) is 71.2. The van der Waals surface area contributed by atoms with Crippen LogP contribution in [0.3, 0.4) is 0 Å². The molecule has 4 fully saturated rings. The number of rotatable bonds is 0. The highest BCUT2D eigenvalue weighted by Crippen LogP contribution is 2.72. The maximum Gasteiger partial charge on any atom is 0.00445 e. The zero-order chi connectivity index (χ0) is 7.87. The highest BCUT2D eigenvalue weighted by Gasteiger charge is 2.66. The largest absolute Gasteiger partial charge is 0.328 e. The molecule has 4 atom stereocenters. The van der Waals surface area contributed by atoms with Crippen LogP contribution in [0.4, 0.5) is 0 Å². The molecule has 0 spiro atoms. The van der Waals surface area contributed by atoms with Crippen molar-refractivity contribution in [2.24, 2.45) is 41.2 Å². The van der Waals surface area contributed by atoms with Gasteiger partial charge in [0, 0.05) is 6.04 Å². The Labute approximate surface area is 73.7 Å². The van der Waals surface area contributed by atoms with Gasteiger partial charge < -0.3 is 5.73 Å². The second-order valence-electron chi connectivity index (χ2n) is 5.70. The van der Waals surface area contributed by atoms with E-state index in [-0.39, 0.29) is 0 Å². The molecule has 0 amide bonds. The van der Waals surface area contributed by atoms with E-state index in [1.807, 2.05) is 0 Å². The summed E-state index contributed by atoms with van der Waals surface area (Å²) < 4.78 is 0. The van der Waals surface area contributed by atoms with Crippen LogP contribution in [0.2, 0.25) is 0 Å². The third-order valence-electron chi connectivity index (χ3n) is 5.48. The molecule has 0 aromatic heterocycles. The Morgan fingerprint density at radius 3 is 1.83 bits per heavy atom. The number of hydrogen-bond donors (Lipinski definition) is 1. The SMILES string of the molecule is NC1CC2C(C1)C1CC3CC2C31. The second-order valence-corrected chi connectivity index (χ2v) is 5.70. The van der Waals surface area contributed by atoms with Crippen molar-refractivity contribution in [3.05, 3.63) is 0 Å². The molecular weight excluding hydrogens is 146 g/mol. The monoisotopic (exact) mass is 163 g/mol. The van der Waals surface area contributed by atoms with E-state index in [0.29, 0.717) is 6.04 Å². The summed E-state index contributed by atoms with van der Waals surface area (Å²) in [7, 11) is 0. The fraction of sp³-hybridized carbons (Fsp3) is 1.00. The second kappa shape index (κ2) is 1.75. The predicted octanol–water partition coefficient (Wildman–Crippen LogP) is 1.63. The van der Waals surface area contributed by atoms with Crippen LogP contribution in [0.1, 0.15) is 25.7 Å². The summed E-state index contributed by atoms with van der Waals surface area (Å²) in [6.45, 7) is 0. The minimum atomic E-state index is 0.570. The van der Waals surface area contributed by atoms with Crippen LogP contribution in [-0.2, 0) is 0 Å². The van der Waals surface area contributed by atoms with Gasteiger partial charge in [-0.2, -0.15) is 0 Å². The van der Waals surface area contributed by atoms with Gasteiger partial charge in [0.2, 0.25) is 0 Å². The first-order valence-corrected chi connectivity index (χ1v) is 5.60. The average molecular weight is 163 g/mol. The summed E-state index contributed by atoms with van der Waals surface area (Å²) in [6, 6.07) is 0.570. The zero-order valence-corrected chi connectivity index (χ0v) is 7.45. The standard InChI is InChI=1S/C11H17N/c12-6-3-7-8(4-6)10-2-5-1-9(7)11(5)10/h5-11H,1-4,12H2. The molecule has 0 aromatic carbocycles. The summed E-state index contributed by atoms with van der Waals surface area (Å²) in [5.41, 5.74) is 6.04. The molecule has 2 N–H and O–H groups in total. The van der Waals surface area contributed by atoms with Gasteiger partial charge in [-0.1, -0.05) is 0 Å². The van der Waals surface area contributed by atoms with Gasteiger partial charge >= 0.3 is 0 Å². The molecule has 4 aliphatic rings. The summed E-state index contributed by atoms with van der Waals surface area (Å²) in [6.07, 6.45) is 5.90. The molecule has 4 aliphatic carbocycles. The lowest BCUT2D eigenvalue weighted by Gasteiger charge is -2.55. The zero-order valence-electron chi connectivity index (χ0n) is 7.45. The van der Waals surface area contributed by atoms with Gasteiger partial charge in [0.1, 0.15) is 0 Å². The minimum Gasteiger partial charge on any atom is -0.328 e. The number of hydrogen-bond acceptors (Lipinski definition) is 1. The summed E-state index contributed by atoms with van der Waals surface area (Å²) in [4.78, 5) is 0. The summed E-state index contributed by atoms with van der Waals surface area (Å²) in [5, 5.41) is 0. The van der Waals surface area contributed by atoms with Crippen molar-refractivity contribution < 1.29 is 0 Å². The molecule has 4 unspecified atom stereocenters. The van der Waals surface area contributed by atoms with E-state index in [4.69, 9.17) is 5.73 Å². The molecule has 0 heterocycles. The topological polar surface area (TPSA) is 26.0 Å². The lowest BCUT2D eigenvalue weighted by molar-refractivity contribution is -0.0579. The van der Waals surface area contributed by atoms with Crippen molar-refractivity contribution >= 4 is 0 Å². The van der Waals surface area contributed by atoms with Crippen molar-refractivity contribution in [1.82, 2.24) is 0 Å². The van der Waals surface area contributed by atoms with E-state index in [0.717, 1.165) is 23.7 Å². The minimum absolute atomic E-state index is 0.570. The van der Waals surface area contributed by atoms with Crippen LogP contribution >= 0.6 is 0 Å². The van der Waals surface area contributed by atoms with E-state index >= 15 is 0 Å². The Balaban J connectivity index is 1.70. The Bertz CT molecular complexity index is 215. The third-order valence-corrected chi connectivity index (χ3v) is 5.48. The fourth-order valence-electron chi connectivity index (χ4n) is 5.10. The van der Waals surface area contributed by atoms with E-state index < -0.39 is 0 Å². The molecule has 0 saturated heterocycles. The van der Waals surface area contributed by atoms with Crippen LogP contribution in [0.25, 0.3) is 0 Å². The maximum atomic E-state index is 6.04. The summed E-state index contributed by atoms with van der Waals surface area (Å²) in [5.74, 6) is 6.83. The smallest absolute Gasteiger partial charge is 0.00445 e. The van der Waals surface area contributed by atoms with Crippen molar-refractivity contribution in [2.45, 2.75) is 31.7 Å². The Morgan fingerprint density at radius 1 is 0.750 bits per heavy atom. The van der Waals surface area contributed by atoms with Crippen LogP contribution in [0, 0.1) is 35.5 Å². The highest BCUT2D eigenvalue weighted by atomic mass is 14.8. The van der Waals surface area contributed by atoms with Gasteiger partial charge in [-0.25, -0.2) is 0 Å². The van der Waals surface area contributed by atoms with Gasteiger partial charge in [0.15, 0.2) is 0 Å². The van der Waals surface area contributed by atoms with E-state index in [1.165, 1.54) is 24.7 Å². The molecule has 4 rings (SSSR count). The number of nitrogens with two attached hydrogens (primary N) is 1. The Morgan fingerprint density at radius 2 is 1.33 bits per heavy atom. The fourth-order valence-corrected chi connectivity index (χ4v) is 5.10. The quantitative estimate of drug-likeness (QED) is 0.577. The van der Waals surface area contributed by atoms with Crippen molar-refractivity contribution in [3.8, 4) is 0 Å². The third kappa shape index (κ3) is 0.501. The molecule has 0 radical (unpaired) electrons. The van der Waals surface area contributed by atoms with Crippen LogP contribution in [0.5, 0.6) is 0 Å². The van der Waals surface area contributed by atoms with Crippen LogP contribution in [0.15, 0.2) is 0 Å². The van der Waals surface area contributed by atoms with Gasteiger partial charge in [0.05, 0.1) is 0 Å². The van der Waals surface area contributed by atoms with Gasteiger partial charge in [-0.05, 0) is 61.2 Å². The van der Waals surface area contributed by atoms with E-state index in [9.17, 15) is 0 Å². The van der Waals surface area contributed by atoms with E-state index in [2.05, 4.69) is 0 Å². The molecule has 1 heteroatoms. The van der Waals surface area contributed by atoms with Crippen LogP contribution < -0.4 is 5.73 Å². The first kappa shape index (κ1) is 6.42. The number of fused-ring (bicyclic) bond motifs is 3. The average Bonchev–Trinajstić information content (AvgIpc) is 2.35. The lowest BCUT2D eigenvalue weighted by atomic mass is 9.50. The van der Waals surface area contributed by atoms with Gasteiger partial charge in [0.25, 0.3) is 0 Å². The first-order valence-electron chi connectivity index (χ1n) is 5.60. The predicted molar refractivity (Wildman–Crippen MR) is 47.4 cm³/mol. The lowest BCUT2D eigenvalue weighted by Crippen LogP contribution is -2.48. The van der Waals surface area contributed by atoms with Crippen molar-refractivity contribution in [3.63, 3.8) is 0 Å². The van der Waals surface area contributed by atoms with Crippen molar-refractivity contribution in [2.75, 3.05) is 0 Å². The molecule has 4 saturated carbocycles. The molecule has 0 aromatic rings. The molecule has 66 valence electrons. The van der Waals surface area contributed by atoms with Crippen molar-refractivity contribution in [1.29, 1.82) is 0 Å². The van der Waals surface area contributed by atoms with Gasteiger partial charge in [-0.15, -0.1) is 0 Å². The Kier molecular flexibility index (Phi) is 0.934. The summed E-state index contributed by atoms with van der Waals surface area (Å²) >= 11 is 0. The van der Waals surface area contributed by atoms with Gasteiger partial charge in [-0.3, -0.25) is 0 Å². The maximum absolute atomic E-state index is 6.04. The molecule has 0 bridgehead atoms.